The van der Waals surface area contributed by atoms with Crippen molar-refractivity contribution >= 4 is 35.0 Å². The predicted octanol–water partition coefficient (Wildman–Crippen LogP) is 3.94. The Morgan fingerprint density at radius 3 is 2.54 bits per heavy atom. The van der Waals surface area contributed by atoms with Gasteiger partial charge in [-0.25, -0.2) is 0 Å². The number of fused-ring (bicyclic) bond motifs is 2. The van der Waals surface area contributed by atoms with Crippen molar-refractivity contribution < 1.29 is 9.59 Å². The second-order valence-electron chi connectivity index (χ2n) is 9.89. The van der Waals surface area contributed by atoms with Crippen molar-refractivity contribution in [2.24, 2.45) is 0 Å². The molecule has 35 heavy (non-hydrogen) atoms. The molecule has 1 fully saturated rings. The molecule has 2 aliphatic rings. The van der Waals surface area contributed by atoms with Crippen LogP contribution in [0.25, 0.3) is 0 Å². The first-order valence-electron chi connectivity index (χ1n) is 12.2. The highest BCUT2D eigenvalue weighted by atomic mass is 35.5. The third-order valence-corrected chi connectivity index (χ3v) is 8.56. The number of hydrogen-bond acceptors (Lipinski definition) is 4. The van der Waals surface area contributed by atoms with E-state index in [1.165, 1.54) is 5.56 Å². The van der Waals surface area contributed by atoms with Gasteiger partial charge in [0.15, 0.2) is 0 Å². The van der Waals surface area contributed by atoms with E-state index in [4.69, 9.17) is 23.2 Å². The fourth-order valence-corrected chi connectivity index (χ4v) is 5.87. The number of rotatable bonds is 7. The standard InChI is InChI=1S/C27H34Cl2N4O2/c1-19(34)32(3)18-27(30-2,21-8-9-23(28)24(29)17-21)12-15-33-13-10-26(11-14-33)22-7-5-4-6-20(22)16-25(35)31-26/h4-9,17,30H,10-16,18H2,1-3H3,(H,31,35). The van der Waals surface area contributed by atoms with Crippen LogP contribution in [-0.2, 0) is 27.1 Å². The number of halogens is 2. The van der Waals surface area contributed by atoms with Crippen LogP contribution in [0, 0.1) is 0 Å². The number of hydrogen-bond donors (Lipinski definition) is 2. The van der Waals surface area contributed by atoms with Crippen LogP contribution >= 0.6 is 23.2 Å². The molecule has 1 unspecified atom stereocenters. The van der Waals surface area contributed by atoms with E-state index >= 15 is 0 Å². The largest absolute Gasteiger partial charge is 0.346 e. The summed E-state index contributed by atoms with van der Waals surface area (Å²) in [5.74, 6) is 0.120. The van der Waals surface area contributed by atoms with Gasteiger partial charge in [0.25, 0.3) is 0 Å². The van der Waals surface area contributed by atoms with E-state index in [1.807, 2.05) is 38.4 Å². The number of carbonyl (C=O) groups is 2. The highest BCUT2D eigenvalue weighted by molar-refractivity contribution is 6.42. The van der Waals surface area contributed by atoms with Gasteiger partial charge in [-0.05, 0) is 55.1 Å². The number of carbonyl (C=O) groups excluding carboxylic acids is 2. The zero-order valence-electron chi connectivity index (χ0n) is 20.7. The van der Waals surface area contributed by atoms with Gasteiger partial charge in [0.1, 0.15) is 0 Å². The van der Waals surface area contributed by atoms with Crippen LogP contribution < -0.4 is 10.6 Å². The molecule has 188 valence electrons. The van der Waals surface area contributed by atoms with Crippen LogP contribution in [0.15, 0.2) is 42.5 Å². The number of likely N-dealkylation sites (tertiary alicyclic amines) is 1. The van der Waals surface area contributed by atoms with Gasteiger partial charge < -0.3 is 20.4 Å². The lowest BCUT2D eigenvalue weighted by molar-refractivity contribution is -0.128. The summed E-state index contributed by atoms with van der Waals surface area (Å²) >= 11 is 12.6. The molecule has 1 spiro atoms. The fraction of sp³-hybridized carbons (Fsp3) is 0.481. The maximum absolute atomic E-state index is 12.5. The predicted molar refractivity (Wildman–Crippen MR) is 141 cm³/mol. The van der Waals surface area contributed by atoms with Crippen LogP contribution in [0.1, 0.15) is 42.9 Å². The molecule has 2 aliphatic heterocycles. The number of likely N-dealkylation sites (N-methyl/N-ethyl adjacent to an activating group) is 2. The molecule has 2 N–H and O–H groups in total. The van der Waals surface area contributed by atoms with Crippen LogP contribution in [0.3, 0.4) is 0 Å². The summed E-state index contributed by atoms with van der Waals surface area (Å²) in [4.78, 5) is 28.7. The van der Waals surface area contributed by atoms with Crippen molar-refractivity contribution in [1.82, 2.24) is 20.4 Å². The minimum absolute atomic E-state index is 0.0105. The summed E-state index contributed by atoms with van der Waals surface area (Å²) in [6.45, 7) is 4.71. The molecule has 8 heteroatoms. The summed E-state index contributed by atoms with van der Waals surface area (Å²) in [5, 5.41) is 7.83. The minimum Gasteiger partial charge on any atom is -0.346 e. The lowest BCUT2D eigenvalue weighted by atomic mass is 9.75. The second-order valence-corrected chi connectivity index (χ2v) is 10.7. The molecule has 1 atom stereocenters. The summed E-state index contributed by atoms with van der Waals surface area (Å²) in [6.07, 6.45) is 3.00. The summed E-state index contributed by atoms with van der Waals surface area (Å²) in [7, 11) is 3.75. The minimum atomic E-state index is -0.477. The summed E-state index contributed by atoms with van der Waals surface area (Å²) in [5.41, 5.74) is 2.66. The summed E-state index contributed by atoms with van der Waals surface area (Å²) < 4.78 is 0. The molecule has 4 rings (SSSR count). The van der Waals surface area contributed by atoms with Gasteiger partial charge >= 0.3 is 0 Å². The van der Waals surface area contributed by atoms with Crippen molar-refractivity contribution in [3.05, 3.63) is 69.2 Å². The molecule has 2 amide bonds. The Morgan fingerprint density at radius 1 is 1.17 bits per heavy atom. The van der Waals surface area contributed by atoms with Crippen molar-refractivity contribution in [2.45, 2.75) is 43.7 Å². The Bertz CT molecular complexity index is 1100. The number of nitrogens with zero attached hydrogens (tertiary/aromatic N) is 2. The van der Waals surface area contributed by atoms with Crippen LogP contribution in [0.4, 0.5) is 0 Å². The molecular formula is C27H34Cl2N4O2. The van der Waals surface area contributed by atoms with Gasteiger partial charge in [-0.15, -0.1) is 0 Å². The van der Waals surface area contributed by atoms with E-state index in [2.05, 4.69) is 33.7 Å². The molecular weight excluding hydrogens is 483 g/mol. The van der Waals surface area contributed by atoms with E-state index in [0.29, 0.717) is 23.0 Å². The Balaban J connectivity index is 1.51. The molecule has 6 nitrogen and oxygen atoms in total. The Kier molecular flexibility index (Phi) is 7.77. The third kappa shape index (κ3) is 5.36. The highest BCUT2D eigenvalue weighted by Gasteiger charge is 2.42. The lowest BCUT2D eigenvalue weighted by Gasteiger charge is -2.46. The molecule has 0 aromatic heterocycles. The molecule has 0 bridgehead atoms. The smallest absolute Gasteiger partial charge is 0.225 e. The molecule has 0 aliphatic carbocycles. The van der Waals surface area contributed by atoms with Crippen molar-refractivity contribution in [1.29, 1.82) is 0 Å². The topological polar surface area (TPSA) is 64.7 Å². The number of amides is 2. The van der Waals surface area contributed by atoms with E-state index in [9.17, 15) is 9.59 Å². The van der Waals surface area contributed by atoms with Gasteiger partial charge in [0.05, 0.1) is 27.5 Å². The molecule has 1 saturated heterocycles. The van der Waals surface area contributed by atoms with Crippen LogP contribution in [0.5, 0.6) is 0 Å². The molecule has 2 heterocycles. The van der Waals surface area contributed by atoms with Gasteiger partial charge in [-0.3, -0.25) is 9.59 Å². The maximum Gasteiger partial charge on any atom is 0.225 e. The lowest BCUT2D eigenvalue weighted by Crippen LogP contribution is -2.57. The first-order chi connectivity index (χ1) is 16.7. The van der Waals surface area contributed by atoms with Gasteiger partial charge in [-0.1, -0.05) is 53.5 Å². The molecule has 2 aromatic carbocycles. The summed E-state index contributed by atoms with van der Waals surface area (Å²) in [6, 6.07) is 14.0. The average Bonchev–Trinajstić information content (AvgIpc) is 2.84. The zero-order valence-corrected chi connectivity index (χ0v) is 22.2. The van der Waals surface area contributed by atoms with E-state index < -0.39 is 5.54 Å². The Labute approximate surface area is 217 Å². The first-order valence-corrected chi connectivity index (χ1v) is 12.9. The molecule has 2 aromatic rings. The van der Waals surface area contributed by atoms with Gasteiger partial charge in [0, 0.05) is 40.2 Å². The first kappa shape index (κ1) is 26.0. The number of benzene rings is 2. The van der Waals surface area contributed by atoms with E-state index in [-0.39, 0.29) is 17.4 Å². The highest BCUT2D eigenvalue weighted by Crippen LogP contribution is 2.38. The Hall–Kier alpha value is -2.12. The Morgan fingerprint density at radius 2 is 1.89 bits per heavy atom. The fourth-order valence-electron chi connectivity index (χ4n) is 5.57. The maximum atomic E-state index is 12.5. The van der Waals surface area contributed by atoms with Gasteiger partial charge in [0.2, 0.25) is 11.8 Å². The van der Waals surface area contributed by atoms with E-state index in [1.54, 1.807) is 11.8 Å². The number of piperidine rings is 1. The zero-order chi connectivity index (χ0) is 25.2. The second kappa shape index (κ2) is 10.5. The van der Waals surface area contributed by atoms with E-state index in [0.717, 1.165) is 50.0 Å². The molecule has 0 saturated carbocycles. The number of nitrogens with one attached hydrogen (secondary N) is 2. The van der Waals surface area contributed by atoms with Crippen LogP contribution in [0.2, 0.25) is 10.0 Å². The van der Waals surface area contributed by atoms with Crippen molar-refractivity contribution in [3.8, 4) is 0 Å². The molecule has 0 radical (unpaired) electrons. The SMILES string of the molecule is CNC(CCN1CCC2(CC1)NC(=O)Cc1ccccc12)(CN(C)C(C)=O)c1ccc(Cl)c(Cl)c1. The van der Waals surface area contributed by atoms with Crippen LogP contribution in [-0.4, -0.2) is 61.9 Å². The van der Waals surface area contributed by atoms with Crippen molar-refractivity contribution in [2.75, 3.05) is 40.3 Å². The third-order valence-electron chi connectivity index (χ3n) is 7.82. The average molecular weight is 518 g/mol. The quantitative estimate of drug-likeness (QED) is 0.584. The van der Waals surface area contributed by atoms with Gasteiger partial charge in [-0.2, -0.15) is 0 Å². The normalized spacial score (nSPS) is 19.1. The van der Waals surface area contributed by atoms with Crippen molar-refractivity contribution in [3.63, 3.8) is 0 Å². The monoisotopic (exact) mass is 516 g/mol.